The second-order valence-corrected chi connectivity index (χ2v) is 6.20. The number of likely N-dealkylation sites (tertiary alicyclic amines) is 1. The molecule has 4 heteroatoms. The number of hydrogen-bond donors (Lipinski definition) is 0. The highest BCUT2D eigenvalue weighted by Crippen LogP contribution is 2.49. The Kier molecular flexibility index (Phi) is 2.81. The molecule has 0 bridgehead atoms. The molecule has 94 valence electrons. The number of rotatable bonds is 1. The Morgan fingerprint density at radius 3 is 2.35 bits per heavy atom. The van der Waals surface area contributed by atoms with Crippen molar-refractivity contribution < 1.29 is 9.53 Å². The largest absolute Gasteiger partial charge is 0.444 e. The summed E-state index contributed by atoms with van der Waals surface area (Å²) < 4.78 is 5.29. The van der Waals surface area contributed by atoms with Gasteiger partial charge in [-0.2, -0.15) is 5.26 Å². The molecule has 1 amide bonds. The summed E-state index contributed by atoms with van der Waals surface area (Å²) in [6.07, 6.45) is 2.89. The summed E-state index contributed by atoms with van der Waals surface area (Å²) in [5.41, 5.74) is -0.579. The third-order valence-corrected chi connectivity index (χ3v) is 3.78. The molecule has 0 spiro atoms. The van der Waals surface area contributed by atoms with Crippen molar-refractivity contribution in [1.82, 2.24) is 4.90 Å². The van der Waals surface area contributed by atoms with Gasteiger partial charge < -0.3 is 9.64 Å². The maximum Gasteiger partial charge on any atom is 0.410 e. The van der Waals surface area contributed by atoms with Gasteiger partial charge in [0.1, 0.15) is 5.60 Å². The van der Waals surface area contributed by atoms with Gasteiger partial charge in [-0.3, -0.25) is 0 Å². The number of ether oxygens (including phenoxy) is 1. The van der Waals surface area contributed by atoms with Gasteiger partial charge in [0.2, 0.25) is 0 Å². The smallest absolute Gasteiger partial charge is 0.410 e. The summed E-state index contributed by atoms with van der Waals surface area (Å²) >= 11 is 0. The molecular formula is C13H20N2O2. The number of carbonyl (C=O) groups is 1. The quantitative estimate of drug-likeness (QED) is 0.703. The van der Waals surface area contributed by atoms with Crippen molar-refractivity contribution >= 4 is 6.09 Å². The van der Waals surface area contributed by atoms with Crippen molar-refractivity contribution in [2.24, 2.45) is 11.3 Å². The van der Waals surface area contributed by atoms with Crippen LogP contribution in [0.15, 0.2) is 0 Å². The van der Waals surface area contributed by atoms with Crippen molar-refractivity contribution in [2.45, 2.75) is 45.6 Å². The summed E-state index contributed by atoms with van der Waals surface area (Å²) in [4.78, 5) is 13.4. The molecular weight excluding hydrogens is 216 g/mol. The van der Waals surface area contributed by atoms with Crippen LogP contribution in [0.3, 0.4) is 0 Å². The average molecular weight is 236 g/mol. The molecule has 1 heterocycles. The van der Waals surface area contributed by atoms with Crippen LogP contribution >= 0.6 is 0 Å². The molecule has 2 rings (SSSR count). The van der Waals surface area contributed by atoms with E-state index in [1.54, 1.807) is 4.90 Å². The number of amides is 1. The molecule has 0 N–H and O–H groups in total. The predicted molar refractivity (Wildman–Crippen MR) is 63.2 cm³/mol. The molecule has 1 saturated carbocycles. The van der Waals surface area contributed by atoms with Crippen LogP contribution in [-0.4, -0.2) is 29.7 Å². The second kappa shape index (κ2) is 3.90. The van der Waals surface area contributed by atoms with E-state index in [1.807, 2.05) is 20.8 Å². The standard InChI is InChI=1S/C13H20N2O2/c1-12(2,3)17-11(16)15-7-10(8-15)13(9-14)5-4-6-13/h10H,4-8H2,1-3H3. The zero-order chi connectivity index (χ0) is 12.7. The summed E-state index contributed by atoms with van der Waals surface area (Å²) in [6, 6.07) is 2.45. The van der Waals surface area contributed by atoms with Gasteiger partial charge in [-0.05, 0) is 33.6 Å². The Labute approximate surface area is 103 Å². The lowest BCUT2D eigenvalue weighted by Gasteiger charge is -2.51. The first-order chi connectivity index (χ1) is 7.86. The molecule has 4 nitrogen and oxygen atoms in total. The normalized spacial score (nSPS) is 23.3. The molecule has 0 unspecified atom stereocenters. The van der Waals surface area contributed by atoms with Gasteiger partial charge in [-0.15, -0.1) is 0 Å². The van der Waals surface area contributed by atoms with E-state index < -0.39 is 5.60 Å². The molecule has 0 radical (unpaired) electrons. The van der Waals surface area contributed by atoms with E-state index in [9.17, 15) is 10.1 Å². The van der Waals surface area contributed by atoms with E-state index in [0.29, 0.717) is 19.0 Å². The molecule has 0 aromatic rings. The summed E-state index contributed by atoms with van der Waals surface area (Å²) in [7, 11) is 0. The van der Waals surface area contributed by atoms with E-state index in [2.05, 4.69) is 6.07 Å². The Hall–Kier alpha value is -1.24. The highest BCUT2D eigenvalue weighted by atomic mass is 16.6. The molecule has 1 aliphatic carbocycles. The lowest BCUT2D eigenvalue weighted by Crippen LogP contribution is -2.58. The Morgan fingerprint density at radius 1 is 1.41 bits per heavy atom. The third kappa shape index (κ3) is 2.24. The Balaban J connectivity index is 1.83. The minimum atomic E-state index is -0.439. The van der Waals surface area contributed by atoms with Gasteiger partial charge in [0.25, 0.3) is 0 Å². The monoisotopic (exact) mass is 236 g/mol. The van der Waals surface area contributed by atoms with Crippen LogP contribution in [0.1, 0.15) is 40.0 Å². The van der Waals surface area contributed by atoms with Crippen molar-refractivity contribution in [1.29, 1.82) is 5.26 Å². The fraction of sp³-hybridized carbons (Fsp3) is 0.846. The second-order valence-electron chi connectivity index (χ2n) is 6.20. The highest BCUT2D eigenvalue weighted by Gasteiger charge is 2.51. The molecule has 1 aliphatic heterocycles. The molecule has 2 fully saturated rings. The van der Waals surface area contributed by atoms with Crippen molar-refractivity contribution in [3.8, 4) is 6.07 Å². The summed E-state index contributed by atoms with van der Waals surface area (Å²) in [6.45, 7) is 6.96. The summed E-state index contributed by atoms with van der Waals surface area (Å²) in [5, 5.41) is 9.20. The Bertz CT molecular complexity index is 355. The molecule has 0 atom stereocenters. The van der Waals surface area contributed by atoms with Crippen LogP contribution in [0.2, 0.25) is 0 Å². The fourth-order valence-corrected chi connectivity index (χ4v) is 2.47. The highest BCUT2D eigenvalue weighted by molar-refractivity contribution is 5.69. The number of hydrogen-bond acceptors (Lipinski definition) is 3. The topological polar surface area (TPSA) is 53.3 Å². The molecule has 0 aromatic carbocycles. The van der Waals surface area contributed by atoms with Crippen LogP contribution < -0.4 is 0 Å². The van der Waals surface area contributed by atoms with E-state index >= 15 is 0 Å². The first kappa shape index (κ1) is 12.2. The van der Waals surface area contributed by atoms with Gasteiger partial charge in [0.15, 0.2) is 0 Å². The molecule has 17 heavy (non-hydrogen) atoms. The van der Waals surface area contributed by atoms with Crippen LogP contribution in [0.4, 0.5) is 4.79 Å². The predicted octanol–water partition coefficient (Wildman–Crippen LogP) is 2.55. The van der Waals surface area contributed by atoms with Crippen molar-refractivity contribution in [3.05, 3.63) is 0 Å². The van der Waals surface area contributed by atoms with E-state index in [1.165, 1.54) is 0 Å². The van der Waals surface area contributed by atoms with Crippen LogP contribution in [0.5, 0.6) is 0 Å². The lowest BCUT2D eigenvalue weighted by atomic mass is 9.60. The van der Waals surface area contributed by atoms with E-state index in [4.69, 9.17) is 4.74 Å². The third-order valence-electron chi connectivity index (χ3n) is 3.78. The SMILES string of the molecule is CC(C)(C)OC(=O)N1CC(C2(C#N)CCC2)C1. The van der Waals surface area contributed by atoms with Crippen LogP contribution in [-0.2, 0) is 4.74 Å². The number of carbonyl (C=O) groups excluding carboxylic acids is 1. The first-order valence-corrected chi connectivity index (χ1v) is 6.25. The lowest BCUT2D eigenvalue weighted by molar-refractivity contribution is -0.0380. The van der Waals surface area contributed by atoms with Gasteiger partial charge in [-0.25, -0.2) is 4.79 Å². The Morgan fingerprint density at radius 2 is 2.00 bits per heavy atom. The average Bonchev–Trinajstić information content (AvgIpc) is 2.03. The molecule has 1 saturated heterocycles. The van der Waals surface area contributed by atoms with Crippen LogP contribution in [0.25, 0.3) is 0 Å². The van der Waals surface area contributed by atoms with Crippen molar-refractivity contribution in [3.63, 3.8) is 0 Å². The maximum atomic E-state index is 11.7. The van der Waals surface area contributed by atoms with E-state index in [-0.39, 0.29) is 11.5 Å². The van der Waals surface area contributed by atoms with Crippen molar-refractivity contribution in [2.75, 3.05) is 13.1 Å². The van der Waals surface area contributed by atoms with Gasteiger partial charge in [0.05, 0.1) is 11.5 Å². The first-order valence-electron chi connectivity index (χ1n) is 6.25. The van der Waals surface area contributed by atoms with E-state index in [0.717, 1.165) is 19.3 Å². The number of nitrogens with zero attached hydrogens (tertiary/aromatic N) is 2. The zero-order valence-corrected chi connectivity index (χ0v) is 10.8. The summed E-state index contributed by atoms with van der Waals surface area (Å²) in [5.74, 6) is 0.355. The molecule has 2 aliphatic rings. The minimum Gasteiger partial charge on any atom is -0.444 e. The zero-order valence-electron chi connectivity index (χ0n) is 10.8. The molecule has 0 aromatic heterocycles. The van der Waals surface area contributed by atoms with Gasteiger partial charge in [-0.1, -0.05) is 6.42 Å². The number of nitriles is 1. The minimum absolute atomic E-state index is 0.140. The fourth-order valence-electron chi connectivity index (χ4n) is 2.47. The maximum absolute atomic E-state index is 11.7. The van der Waals surface area contributed by atoms with Crippen LogP contribution in [0, 0.1) is 22.7 Å². The van der Waals surface area contributed by atoms with Gasteiger partial charge >= 0.3 is 6.09 Å². The van der Waals surface area contributed by atoms with Gasteiger partial charge in [0, 0.05) is 19.0 Å².